The molecule has 0 spiro atoms. The summed E-state index contributed by atoms with van der Waals surface area (Å²) in [5.74, 6) is 2.09. The smallest absolute Gasteiger partial charge is 0.291 e. The van der Waals surface area contributed by atoms with Crippen molar-refractivity contribution >= 4 is 28.4 Å². The predicted octanol–water partition coefficient (Wildman–Crippen LogP) is 3.44. The molecule has 0 aliphatic carbocycles. The molecule has 0 amide bonds. The summed E-state index contributed by atoms with van der Waals surface area (Å²) in [6.07, 6.45) is 5.50. The molecule has 0 N–H and O–H groups in total. The number of thiazole rings is 1. The van der Waals surface area contributed by atoms with E-state index in [1.54, 1.807) is 13.2 Å². The zero-order chi connectivity index (χ0) is 20.2. The zero-order valence-electron chi connectivity index (χ0n) is 16.0. The number of nitrogens with zero attached hydrogens (tertiary/aromatic N) is 3. The van der Waals surface area contributed by atoms with Crippen LogP contribution in [0.3, 0.4) is 0 Å². The van der Waals surface area contributed by atoms with E-state index in [4.69, 9.17) is 9.47 Å². The standard InChI is InChI=1S/C22H19N3O3S/c1-3-28-17-13-11-16(12-14-17)20-23-22-25(24-20)21(26)19(29-22)10-6-8-15-7-4-5-9-18(15)27-2/h4-14H,3H2,1-2H3. The molecule has 0 atom stereocenters. The molecular formula is C22H19N3O3S. The second-order valence-corrected chi connectivity index (χ2v) is 7.14. The van der Waals surface area contributed by atoms with Crippen LogP contribution in [0.25, 0.3) is 28.5 Å². The van der Waals surface area contributed by atoms with Gasteiger partial charge in [0.15, 0.2) is 5.82 Å². The van der Waals surface area contributed by atoms with E-state index in [0.29, 0.717) is 21.9 Å². The minimum Gasteiger partial charge on any atom is -0.496 e. The van der Waals surface area contributed by atoms with Crippen molar-refractivity contribution in [2.45, 2.75) is 6.92 Å². The van der Waals surface area contributed by atoms with Crippen LogP contribution in [0.5, 0.6) is 11.5 Å². The first-order valence-electron chi connectivity index (χ1n) is 9.14. The lowest BCUT2D eigenvalue weighted by Crippen LogP contribution is -2.23. The van der Waals surface area contributed by atoms with Crippen molar-refractivity contribution in [1.29, 1.82) is 0 Å². The van der Waals surface area contributed by atoms with Crippen molar-refractivity contribution in [2.24, 2.45) is 0 Å². The summed E-state index contributed by atoms with van der Waals surface area (Å²) in [5, 5.41) is 4.37. The number of ether oxygens (including phenoxy) is 2. The van der Waals surface area contributed by atoms with E-state index >= 15 is 0 Å². The molecule has 0 radical (unpaired) electrons. The molecule has 2 heterocycles. The molecule has 2 aromatic carbocycles. The summed E-state index contributed by atoms with van der Waals surface area (Å²) in [6.45, 7) is 2.55. The number of allylic oxidation sites excluding steroid dienone is 1. The Morgan fingerprint density at radius 1 is 1.14 bits per heavy atom. The summed E-state index contributed by atoms with van der Waals surface area (Å²) >= 11 is 1.31. The van der Waals surface area contributed by atoms with Gasteiger partial charge in [-0.05, 0) is 43.3 Å². The van der Waals surface area contributed by atoms with Gasteiger partial charge in [-0.25, -0.2) is 0 Å². The molecule has 29 heavy (non-hydrogen) atoms. The molecule has 4 rings (SSSR count). The van der Waals surface area contributed by atoms with Crippen molar-refractivity contribution in [2.75, 3.05) is 13.7 Å². The Balaban J connectivity index is 1.62. The maximum absolute atomic E-state index is 12.6. The van der Waals surface area contributed by atoms with E-state index in [0.717, 1.165) is 22.6 Å². The summed E-state index contributed by atoms with van der Waals surface area (Å²) < 4.78 is 12.7. The highest BCUT2D eigenvalue weighted by Gasteiger charge is 2.11. The monoisotopic (exact) mass is 405 g/mol. The molecule has 0 saturated heterocycles. The van der Waals surface area contributed by atoms with Crippen molar-refractivity contribution < 1.29 is 9.47 Å². The summed E-state index contributed by atoms with van der Waals surface area (Å²) in [6, 6.07) is 15.2. The lowest BCUT2D eigenvalue weighted by Gasteiger charge is -2.02. The molecule has 6 nitrogen and oxygen atoms in total. The van der Waals surface area contributed by atoms with Crippen LogP contribution in [0.1, 0.15) is 12.5 Å². The topological polar surface area (TPSA) is 65.7 Å². The SMILES string of the molecule is CCOc1ccc(-c2nc3sc(=CC=Cc4ccccc4OC)c(=O)n3n2)cc1. The van der Waals surface area contributed by atoms with Crippen molar-refractivity contribution in [3.05, 3.63) is 75.1 Å². The fraction of sp³-hybridized carbons (Fsp3) is 0.136. The Labute approximate surface area is 171 Å². The third-order valence-corrected chi connectivity index (χ3v) is 5.25. The molecule has 2 aromatic heterocycles. The molecule has 0 aliphatic heterocycles. The highest BCUT2D eigenvalue weighted by atomic mass is 32.1. The number of aromatic nitrogens is 3. The Morgan fingerprint density at radius 3 is 2.66 bits per heavy atom. The number of methoxy groups -OCH3 is 1. The molecule has 0 bridgehead atoms. The molecule has 146 valence electrons. The van der Waals surface area contributed by atoms with Crippen LogP contribution in [-0.2, 0) is 0 Å². The normalized spacial score (nSPS) is 12.1. The molecular weight excluding hydrogens is 386 g/mol. The Kier molecular flexibility index (Phi) is 5.39. The van der Waals surface area contributed by atoms with E-state index in [9.17, 15) is 4.79 Å². The second kappa shape index (κ2) is 8.28. The fourth-order valence-corrected chi connectivity index (χ4v) is 3.74. The van der Waals surface area contributed by atoms with Crippen LogP contribution in [0.2, 0.25) is 0 Å². The minimum absolute atomic E-state index is 0.181. The van der Waals surface area contributed by atoms with Gasteiger partial charge in [-0.1, -0.05) is 41.7 Å². The van der Waals surface area contributed by atoms with Crippen LogP contribution < -0.4 is 19.6 Å². The number of hydrogen-bond donors (Lipinski definition) is 0. The molecule has 0 aliphatic rings. The first-order chi connectivity index (χ1) is 14.2. The zero-order valence-corrected chi connectivity index (χ0v) is 16.8. The van der Waals surface area contributed by atoms with Crippen LogP contribution in [0, 0.1) is 0 Å². The van der Waals surface area contributed by atoms with Gasteiger partial charge >= 0.3 is 0 Å². The molecule has 0 unspecified atom stereocenters. The maximum atomic E-state index is 12.6. The predicted molar refractivity (Wildman–Crippen MR) is 115 cm³/mol. The van der Waals surface area contributed by atoms with Crippen LogP contribution in [0.15, 0.2) is 59.4 Å². The first kappa shape index (κ1) is 18.9. The van der Waals surface area contributed by atoms with Crippen LogP contribution in [0.4, 0.5) is 0 Å². The number of hydrogen-bond acceptors (Lipinski definition) is 6. The Morgan fingerprint density at radius 2 is 1.93 bits per heavy atom. The Bertz CT molecular complexity index is 1270. The van der Waals surface area contributed by atoms with E-state index in [1.165, 1.54) is 15.9 Å². The molecule has 0 fully saturated rings. The number of para-hydroxylation sites is 1. The highest BCUT2D eigenvalue weighted by Crippen LogP contribution is 2.21. The second-order valence-electron chi connectivity index (χ2n) is 6.13. The summed E-state index contributed by atoms with van der Waals surface area (Å²) in [5.41, 5.74) is 1.60. The van der Waals surface area contributed by atoms with Crippen molar-refractivity contribution in [3.8, 4) is 22.9 Å². The van der Waals surface area contributed by atoms with E-state index in [-0.39, 0.29) is 5.56 Å². The van der Waals surface area contributed by atoms with Gasteiger partial charge in [-0.3, -0.25) is 4.79 Å². The van der Waals surface area contributed by atoms with Crippen molar-refractivity contribution in [3.63, 3.8) is 0 Å². The first-order valence-corrected chi connectivity index (χ1v) is 9.95. The number of fused-ring (bicyclic) bond motifs is 1. The number of benzene rings is 2. The third kappa shape index (κ3) is 3.90. The largest absolute Gasteiger partial charge is 0.496 e. The lowest BCUT2D eigenvalue weighted by atomic mass is 10.2. The van der Waals surface area contributed by atoms with Gasteiger partial charge < -0.3 is 9.47 Å². The van der Waals surface area contributed by atoms with Gasteiger partial charge in [0.2, 0.25) is 4.96 Å². The average molecular weight is 405 g/mol. The van der Waals surface area contributed by atoms with Gasteiger partial charge in [-0.15, -0.1) is 5.10 Å². The fourth-order valence-electron chi connectivity index (χ4n) is 2.88. The molecule has 4 aromatic rings. The van der Waals surface area contributed by atoms with Gasteiger partial charge in [0.25, 0.3) is 5.56 Å². The Hall–Kier alpha value is -3.45. The van der Waals surface area contributed by atoms with Crippen LogP contribution in [-0.4, -0.2) is 28.3 Å². The van der Waals surface area contributed by atoms with Gasteiger partial charge in [0.1, 0.15) is 11.5 Å². The van der Waals surface area contributed by atoms with Gasteiger partial charge in [0.05, 0.1) is 18.2 Å². The lowest BCUT2D eigenvalue weighted by molar-refractivity contribution is 0.340. The molecule has 0 saturated carbocycles. The van der Waals surface area contributed by atoms with Gasteiger partial charge in [-0.2, -0.15) is 9.50 Å². The minimum atomic E-state index is -0.181. The average Bonchev–Trinajstić information content (AvgIpc) is 3.29. The third-order valence-electron chi connectivity index (χ3n) is 4.27. The van der Waals surface area contributed by atoms with Crippen molar-refractivity contribution in [1.82, 2.24) is 14.6 Å². The summed E-state index contributed by atoms with van der Waals surface area (Å²) in [4.78, 5) is 17.7. The van der Waals surface area contributed by atoms with E-state index in [2.05, 4.69) is 10.1 Å². The molecule has 7 heteroatoms. The number of rotatable bonds is 6. The van der Waals surface area contributed by atoms with E-state index in [1.807, 2.05) is 67.6 Å². The quantitative estimate of drug-likeness (QED) is 0.492. The van der Waals surface area contributed by atoms with Gasteiger partial charge in [0, 0.05) is 11.1 Å². The summed E-state index contributed by atoms with van der Waals surface area (Å²) in [7, 11) is 1.63. The van der Waals surface area contributed by atoms with Crippen LogP contribution >= 0.6 is 11.3 Å². The maximum Gasteiger partial charge on any atom is 0.291 e. The van der Waals surface area contributed by atoms with E-state index < -0.39 is 0 Å². The highest BCUT2D eigenvalue weighted by molar-refractivity contribution is 7.15.